The molecule has 0 spiro atoms. The quantitative estimate of drug-likeness (QED) is 0.801. The molecule has 0 bridgehead atoms. The van der Waals surface area contributed by atoms with Gasteiger partial charge in [0.2, 0.25) is 0 Å². The maximum absolute atomic E-state index is 5.96. The van der Waals surface area contributed by atoms with Gasteiger partial charge < -0.3 is 10.3 Å². The van der Waals surface area contributed by atoms with E-state index in [1.54, 1.807) is 17.7 Å². The highest BCUT2D eigenvalue weighted by molar-refractivity contribution is 7.21. The summed E-state index contributed by atoms with van der Waals surface area (Å²) in [6, 6.07) is 5.70. The first-order chi connectivity index (χ1) is 8.76. The van der Waals surface area contributed by atoms with Crippen LogP contribution in [0.25, 0.3) is 20.9 Å². The van der Waals surface area contributed by atoms with Crippen molar-refractivity contribution >= 4 is 33.2 Å². The van der Waals surface area contributed by atoms with Crippen molar-refractivity contribution in [3.63, 3.8) is 0 Å². The number of fused-ring (bicyclic) bond motifs is 1. The van der Waals surface area contributed by atoms with Gasteiger partial charge in [0.05, 0.1) is 16.5 Å². The SMILES string of the molecule is NCCn1cnc(-c2nc3ccc(Cl)cc3s2)c1. The normalized spacial score (nSPS) is 11.2. The maximum Gasteiger partial charge on any atom is 0.144 e. The average Bonchev–Trinajstić information content (AvgIpc) is 2.94. The predicted molar refractivity (Wildman–Crippen MR) is 74.9 cm³/mol. The van der Waals surface area contributed by atoms with Gasteiger partial charge in [0.1, 0.15) is 10.7 Å². The summed E-state index contributed by atoms with van der Waals surface area (Å²) in [5, 5.41) is 1.63. The molecule has 6 heteroatoms. The number of hydrogen-bond acceptors (Lipinski definition) is 4. The first-order valence-electron chi connectivity index (χ1n) is 5.54. The number of nitrogens with two attached hydrogens (primary N) is 1. The lowest BCUT2D eigenvalue weighted by atomic mass is 10.3. The fraction of sp³-hybridized carbons (Fsp3) is 0.167. The summed E-state index contributed by atoms with van der Waals surface area (Å²) in [5.74, 6) is 0. The van der Waals surface area contributed by atoms with Gasteiger partial charge in [0.15, 0.2) is 0 Å². The Morgan fingerprint density at radius 1 is 1.39 bits per heavy atom. The van der Waals surface area contributed by atoms with E-state index in [1.807, 2.05) is 29.0 Å². The molecule has 1 aromatic carbocycles. The van der Waals surface area contributed by atoms with Gasteiger partial charge in [-0.2, -0.15) is 0 Å². The van der Waals surface area contributed by atoms with Gasteiger partial charge in [-0.3, -0.25) is 0 Å². The Labute approximate surface area is 113 Å². The number of halogens is 1. The Bertz CT molecular complexity index is 688. The molecule has 0 amide bonds. The van der Waals surface area contributed by atoms with Gasteiger partial charge >= 0.3 is 0 Å². The van der Waals surface area contributed by atoms with Crippen LogP contribution in [0.3, 0.4) is 0 Å². The number of nitrogens with zero attached hydrogens (tertiary/aromatic N) is 3. The second-order valence-corrected chi connectivity index (χ2v) is 5.38. The zero-order valence-electron chi connectivity index (χ0n) is 9.51. The third-order valence-electron chi connectivity index (χ3n) is 2.59. The largest absolute Gasteiger partial charge is 0.335 e. The van der Waals surface area contributed by atoms with Crippen LogP contribution < -0.4 is 5.73 Å². The summed E-state index contributed by atoms with van der Waals surface area (Å²) in [6.45, 7) is 1.37. The molecule has 0 unspecified atom stereocenters. The van der Waals surface area contributed by atoms with E-state index in [0.29, 0.717) is 6.54 Å². The molecule has 3 rings (SSSR count). The number of hydrogen-bond donors (Lipinski definition) is 1. The van der Waals surface area contributed by atoms with Crippen molar-refractivity contribution in [3.8, 4) is 10.7 Å². The van der Waals surface area contributed by atoms with Crippen LogP contribution in [0.15, 0.2) is 30.7 Å². The van der Waals surface area contributed by atoms with Gasteiger partial charge in [-0.15, -0.1) is 11.3 Å². The van der Waals surface area contributed by atoms with E-state index >= 15 is 0 Å². The molecule has 4 nitrogen and oxygen atoms in total. The Balaban J connectivity index is 2.02. The molecule has 0 aliphatic heterocycles. The minimum atomic E-state index is 0.602. The predicted octanol–water partition coefficient (Wildman–Crippen LogP) is 2.77. The van der Waals surface area contributed by atoms with E-state index in [0.717, 1.165) is 32.5 Å². The van der Waals surface area contributed by atoms with Gasteiger partial charge in [0.25, 0.3) is 0 Å². The minimum absolute atomic E-state index is 0.602. The van der Waals surface area contributed by atoms with E-state index < -0.39 is 0 Å². The molecule has 0 radical (unpaired) electrons. The highest BCUT2D eigenvalue weighted by atomic mass is 35.5. The van der Waals surface area contributed by atoms with Crippen molar-refractivity contribution in [2.75, 3.05) is 6.54 Å². The Morgan fingerprint density at radius 3 is 3.11 bits per heavy atom. The van der Waals surface area contributed by atoms with E-state index in [-0.39, 0.29) is 0 Å². The number of thiazole rings is 1. The molecule has 0 aliphatic rings. The Morgan fingerprint density at radius 2 is 2.28 bits per heavy atom. The monoisotopic (exact) mass is 278 g/mol. The van der Waals surface area contributed by atoms with Crippen LogP contribution in [0.5, 0.6) is 0 Å². The van der Waals surface area contributed by atoms with Crippen LogP contribution in [0.2, 0.25) is 5.02 Å². The lowest BCUT2D eigenvalue weighted by Gasteiger charge is -1.94. The summed E-state index contributed by atoms with van der Waals surface area (Å²) in [6.07, 6.45) is 3.74. The van der Waals surface area contributed by atoms with Crippen molar-refractivity contribution in [2.45, 2.75) is 6.54 Å². The topological polar surface area (TPSA) is 56.7 Å². The molecule has 0 saturated heterocycles. The molecular formula is C12H11ClN4S. The molecule has 92 valence electrons. The Kier molecular flexibility index (Phi) is 3.03. The summed E-state index contributed by atoms with van der Waals surface area (Å²) in [4.78, 5) is 8.90. The highest BCUT2D eigenvalue weighted by Crippen LogP contribution is 2.30. The zero-order chi connectivity index (χ0) is 12.5. The van der Waals surface area contributed by atoms with Crippen molar-refractivity contribution in [3.05, 3.63) is 35.7 Å². The lowest BCUT2D eigenvalue weighted by Crippen LogP contribution is -2.07. The standard InChI is InChI=1S/C12H11ClN4S/c13-8-1-2-9-11(5-8)18-12(16-9)10-6-17(4-3-14)7-15-10/h1-2,5-7H,3-4,14H2. The van der Waals surface area contributed by atoms with E-state index in [4.69, 9.17) is 17.3 Å². The average molecular weight is 279 g/mol. The zero-order valence-corrected chi connectivity index (χ0v) is 11.1. The van der Waals surface area contributed by atoms with Crippen LogP contribution in [0.1, 0.15) is 0 Å². The van der Waals surface area contributed by atoms with Crippen molar-refractivity contribution in [2.24, 2.45) is 5.73 Å². The molecule has 2 N–H and O–H groups in total. The number of imidazole rings is 1. The molecule has 0 atom stereocenters. The summed E-state index contributed by atoms with van der Waals surface area (Å²) < 4.78 is 3.04. The third kappa shape index (κ3) is 2.12. The molecule has 0 aliphatic carbocycles. The van der Waals surface area contributed by atoms with Crippen molar-refractivity contribution in [1.82, 2.24) is 14.5 Å². The fourth-order valence-corrected chi connectivity index (χ4v) is 2.95. The van der Waals surface area contributed by atoms with E-state index in [2.05, 4.69) is 9.97 Å². The number of rotatable bonds is 3. The van der Waals surface area contributed by atoms with Crippen LogP contribution >= 0.6 is 22.9 Å². The van der Waals surface area contributed by atoms with Crippen molar-refractivity contribution < 1.29 is 0 Å². The maximum atomic E-state index is 5.96. The van der Waals surface area contributed by atoms with Crippen molar-refractivity contribution in [1.29, 1.82) is 0 Å². The van der Waals surface area contributed by atoms with Gasteiger partial charge in [-0.25, -0.2) is 9.97 Å². The van der Waals surface area contributed by atoms with Gasteiger partial charge in [0, 0.05) is 24.3 Å². The van der Waals surface area contributed by atoms with E-state index in [9.17, 15) is 0 Å². The molecule has 0 fully saturated rings. The van der Waals surface area contributed by atoms with Crippen LogP contribution in [-0.4, -0.2) is 21.1 Å². The first kappa shape index (κ1) is 11.6. The summed E-state index contributed by atoms with van der Waals surface area (Å²) in [5.41, 5.74) is 7.34. The Hall–Kier alpha value is -1.43. The molecule has 2 aromatic heterocycles. The summed E-state index contributed by atoms with van der Waals surface area (Å²) >= 11 is 7.56. The molecular weight excluding hydrogens is 268 g/mol. The second-order valence-electron chi connectivity index (χ2n) is 3.92. The van der Waals surface area contributed by atoms with Crippen LogP contribution in [0, 0.1) is 0 Å². The second kappa shape index (κ2) is 4.68. The molecule has 3 aromatic rings. The molecule has 0 saturated carbocycles. The summed E-state index contributed by atoms with van der Waals surface area (Å²) in [7, 11) is 0. The number of benzene rings is 1. The van der Waals surface area contributed by atoms with Gasteiger partial charge in [-0.05, 0) is 18.2 Å². The number of aromatic nitrogens is 3. The fourth-order valence-electron chi connectivity index (χ4n) is 1.75. The van der Waals surface area contributed by atoms with E-state index in [1.165, 1.54) is 0 Å². The molecule has 18 heavy (non-hydrogen) atoms. The minimum Gasteiger partial charge on any atom is -0.335 e. The third-order valence-corrected chi connectivity index (χ3v) is 3.87. The molecule has 2 heterocycles. The van der Waals surface area contributed by atoms with Gasteiger partial charge in [-0.1, -0.05) is 11.6 Å². The smallest absolute Gasteiger partial charge is 0.144 e. The first-order valence-corrected chi connectivity index (χ1v) is 6.74. The van der Waals surface area contributed by atoms with Crippen LogP contribution in [0.4, 0.5) is 0 Å². The highest BCUT2D eigenvalue weighted by Gasteiger charge is 2.09. The van der Waals surface area contributed by atoms with Crippen LogP contribution in [-0.2, 0) is 6.54 Å². The lowest BCUT2D eigenvalue weighted by molar-refractivity contribution is 0.708.